The number of benzene rings is 2. The zero-order valence-corrected chi connectivity index (χ0v) is 19.3. The Bertz CT molecular complexity index is 1230. The molecular formula is C23H20F6N4O2S. The topological polar surface area (TPSA) is 98.3 Å². The Morgan fingerprint density at radius 1 is 0.944 bits per heavy atom. The average Bonchev–Trinajstić information content (AvgIpc) is 2.84. The predicted molar refractivity (Wildman–Crippen MR) is 120 cm³/mol. The van der Waals surface area contributed by atoms with Crippen molar-refractivity contribution in [1.29, 1.82) is 0 Å². The third-order valence-corrected chi connectivity index (χ3v) is 7.63. The number of nitrogens with zero attached hydrogens (tertiary/aromatic N) is 3. The average molecular weight is 530 g/mol. The molecule has 1 saturated heterocycles. The zero-order chi connectivity index (χ0) is 26.3. The van der Waals surface area contributed by atoms with Gasteiger partial charge in [-0.1, -0.05) is 24.3 Å². The molecule has 1 atom stereocenters. The lowest BCUT2D eigenvalue weighted by Gasteiger charge is -2.42. The van der Waals surface area contributed by atoms with E-state index in [1.54, 1.807) is 24.3 Å². The number of rotatable bonds is 5. The number of nitrogens with two attached hydrogens (primary N) is 1. The summed E-state index contributed by atoms with van der Waals surface area (Å²) >= 11 is -1.97. The summed E-state index contributed by atoms with van der Waals surface area (Å²) < 4.78 is 95.4. The lowest BCUT2D eigenvalue weighted by Crippen LogP contribution is -2.61. The highest BCUT2D eigenvalue weighted by atomic mass is 32.2. The van der Waals surface area contributed by atoms with Gasteiger partial charge in [0.2, 0.25) is 5.95 Å². The molecule has 6 nitrogen and oxygen atoms in total. The number of hydrogen-bond donors (Lipinski definition) is 2. The Balaban J connectivity index is 1.57. The second-order valence-corrected chi connectivity index (χ2v) is 9.76. The first-order valence-electron chi connectivity index (χ1n) is 10.6. The van der Waals surface area contributed by atoms with Crippen molar-refractivity contribution in [3.63, 3.8) is 0 Å². The minimum absolute atomic E-state index is 0.0328. The number of aliphatic hydroxyl groups is 1. The minimum Gasteiger partial charge on any atom is -0.593 e. The first kappa shape index (κ1) is 26.2. The maximum absolute atomic E-state index is 14.9. The fourth-order valence-corrected chi connectivity index (χ4v) is 5.35. The Morgan fingerprint density at radius 2 is 1.56 bits per heavy atom. The SMILES string of the molecule is Nc1ncc(-c2ccc(-c3ccccc3[S+]([O-])N3CCC(O)(C(F)(F)C(F)(F)F)CC3)cc2F)cn1. The van der Waals surface area contributed by atoms with Crippen molar-refractivity contribution in [2.75, 3.05) is 18.8 Å². The highest BCUT2D eigenvalue weighted by molar-refractivity contribution is 7.89. The molecule has 0 radical (unpaired) electrons. The summed E-state index contributed by atoms with van der Waals surface area (Å²) in [5.74, 6) is -5.88. The van der Waals surface area contributed by atoms with E-state index in [0.29, 0.717) is 16.7 Å². The summed E-state index contributed by atoms with van der Waals surface area (Å²) in [5, 5.41) is 10.0. The van der Waals surface area contributed by atoms with E-state index < -0.39 is 60.8 Å². The van der Waals surface area contributed by atoms with Crippen LogP contribution in [0.4, 0.5) is 32.3 Å². The Kier molecular flexibility index (Phi) is 6.94. The fraction of sp³-hybridized carbons (Fsp3) is 0.304. The van der Waals surface area contributed by atoms with Gasteiger partial charge in [0.05, 0.1) is 11.4 Å². The molecule has 1 aromatic heterocycles. The number of aromatic nitrogens is 2. The summed E-state index contributed by atoms with van der Waals surface area (Å²) in [4.78, 5) is 7.88. The van der Waals surface area contributed by atoms with E-state index in [0.717, 1.165) is 0 Å². The van der Waals surface area contributed by atoms with Crippen molar-refractivity contribution in [3.8, 4) is 22.3 Å². The third kappa shape index (κ3) is 4.75. The standard InChI is InChI=1S/C23H20F6N4O2S/c24-18-11-14(5-6-16(18)15-12-31-20(30)32-13-15)17-3-1-2-4-19(17)36(35)33-9-7-21(34,8-10-33)22(25,26)23(27,28)29/h1-6,11-13,34H,7-10H2,(H2,30,31,32). The van der Waals surface area contributed by atoms with Crippen LogP contribution in [0.5, 0.6) is 0 Å². The maximum atomic E-state index is 14.9. The lowest BCUT2D eigenvalue weighted by molar-refractivity contribution is -0.346. The van der Waals surface area contributed by atoms with Gasteiger partial charge < -0.3 is 15.4 Å². The van der Waals surface area contributed by atoms with E-state index in [1.807, 2.05) is 0 Å². The van der Waals surface area contributed by atoms with Gasteiger partial charge in [0.15, 0.2) is 4.90 Å². The van der Waals surface area contributed by atoms with Gasteiger partial charge in [-0.2, -0.15) is 22.0 Å². The molecule has 0 saturated carbocycles. The van der Waals surface area contributed by atoms with E-state index >= 15 is 0 Å². The Morgan fingerprint density at radius 3 is 2.14 bits per heavy atom. The number of piperidine rings is 1. The van der Waals surface area contributed by atoms with Crippen molar-refractivity contribution in [3.05, 3.63) is 60.7 Å². The molecule has 2 heterocycles. The molecule has 192 valence electrons. The molecule has 3 aromatic rings. The van der Waals surface area contributed by atoms with Crippen molar-refractivity contribution in [1.82, 2.24) is 14.3 Å². The fourth-order valence-electron chi connectivity index (χ4n) is 3.99. The summed E-state index contributed by atoms with van der Waals surface area (Å²) in [5.41, 5.74) is 3.51. The minimum atomic E-state index is -5.91. The molecule has 0 spiro atoms. The molecule has 2 aromatic carbocycles. The van der Waals surface area contributed by atoms with E-state index in [4.69, 9.17) is 5.73 Å². The van der Waals surface area contributed by atoms with Crippen LogP contribution in [0.3, 0.4) is 0 Å². The predicted octanol–water partition coefficient (Wildman–Crippen LogP) is 4.58. The molecule has 3 N–H and O–H groups in total. The van der Waals surface area contributed by atoms with Gasteiger partial charge in [-0.3, -0.25) is 0 Å². The molecule has 1 aliphatic heterocycles. The van der Waals surface area contributed by atoms with Crippen molar-refractivity contribution < 1.29 is 36.0 Å². The number of alkyl halides is 5. The van der Waals surface area contributed by atoms with Crippen LogP contribution in [-0.2, 0) is 11.4 Å². The number of nitrogen functional groups attached to an aromatic ring is 1. The van der Waals surface area contributed by atoms with Gasteiger partial charge in [-0.05, 0) is 36.6 Å². The first-order chi connectivity index (χ1) is 16.8. The van der Waals surface area contributed by atoms with E-state index in [-0.39, 0.29) is 16.4 Å². The summed E-state index contributed by atoms with van der Waals surface area (Å²) in [6.07, 6.45) is -5.04. The molecule has 13 heteroatoms. The number of halogens is 6. The van der Waals surface area contributed by atoms with E-state index in [2.05, 4.69) is 9.97 Å². The van der Waals surface area contributed by atoms with Crippen LogP contribution in [0, 0.1) is 5.82 Å². The molecular weight excluding hydrogens is 510 g/mol. The molecule has 0 aliphatic carbocycles. The van der Waals surface area contributed by atoms with Gasteiger partial charge in [-0.25, -0.2) is 14.4 Å². The van der Waals surface area contributed by atoms with Crippen molar-refractivity contribution in [2.24, 2.45) is 0 Å². The van der Waals surface area contributed by atoms with Crippen molar-refractivity contribution >= 4 is 17.3 Å². The summed E-state index contributed by atoms with van der Waals surface area (Å²) in [6.45, 7) is -0.929. The molecule has 0 amide bonds. The normalized spacial score (nSPS) is 17.7. The van der Waals surface area contributed by atoms with Gasteiger partial charge in [0.25, 0.3) is 0 Å². The van der Waals surface area contributed by atoms with Crippen LogP contribution in [0.25, 0.3) is 22.3 Å². The van der Waals surface area contributed by atoms with Crippen LogP contribution in [0.2, 0.25) is 0 Å². The van der Waals surface area contributed by atoms with Crippen LogP contribution >= 0.6 is 0 Å². The summed E-state index contributed by atoms with van der Waals surface area (Å²) in [7, 11) is 0. The van der Waals surface area contributed by atoms with Crippen LogP contribution in [0.1, 0.15) is 12.8 Å². The Labute approximate surface area is 205 Å². The number of hydrogen-bond acceptors (Lipinski definition) is 6. The quantitative estimate of drug-likeness (QED) is 0.370. The van der Waals surface area contributed by atoms with Crippen LogP contribution < -0.4 is 5.73 Å². The van der Waals surface area contributed by atoms with Gasteiger partial charge in [0.1, 0.15) is 11.4 Å². The van der Waals surface area contributed by atoms with Crippen LogP contribution in [0.15, 0.2) is 59.8 Å². The second kappa shape index (κ2) is 9.54. The molecule has 1 aliphatic rings. The summed E-state index contributed by atoms with van der Waals surface area (Å²) in [6, 6.07) is 10.6. The van der Waals surface area contributed by atoms with Gasteiger partial charge in [-0.15, -0.1) is 4.31 Å². The van der Waals surface area contributed by atoms with Crippen molar-refractivity contribution in [2.45, 2.75) is 35.4 Å². The molecule has 0 bridgehead atoms. The van der Waals surface area contributed by atoms with Gasteiger partial charge in [0, 0.05) is 42.2 Å². The van der Waals surface area contributed by atoms with E-state index in [9.17, 15) is 36.0 Å². The largest absolute Gasteiger partial charge is 0.593 e. The highest BCUT2D eigenvalue weighted by Gasteiger charge is 2.70. The molecule has 36 heavy (non-hydrogen) atoms. The smallest absolute Gasteiger partial charge is 0.456 e. The monoisotopic (exact) mass is 530 g/mol. The third-order valence-electron chi connectivity index (χ3n) is 6.06. The van der Waals surface area contributed by atoms with E-state index in [1.165, 1.54) is 34.9 Å². The Hall–Kier alpha value is -2.87. The second-order valence-electron chi connectivity index (χ2n) is 8.30. The van der Waals surface area contributed by atoms with Crippen LogP contribution in [-0.4, -0.2) is 54.7 Å². The highest BCUT2D eigenvalue weighted by Crippen LogP contribution is 2.48. The lowest BCUT2D eigenvalue weighted by atomic mass is 9.85. The molecule has 4 rings (SSSR count). The first-order valence-corrected chi connectivity index (χ1v) is 11.8. The van der Waals surface area contributed by atoms with Gasteiger partial charge >= 0.3 is 12.1 Å². The molecule has 1 unspecified atom stereocenters. The maximum Gasteiger partial charge on any atom is 0.456 e. The zero-order valence-electron chi connectivity index (χ0n) is 18.5. The molecule has 1 fully saturated rings. The number of anilines is 1.